The second-order valence-electron chi connectivity index (χ2n) is 4.76. The van der Waals surface area contributed by atoms with E-state index in [-0.39, 0.29) is 18.6 Å². The zero-order valence-corrected chi connectivity index (χ0v) is 13.2. The second-order valence-corrected chi connectivity index (χ2v) is 5.75. The van der Waals surface area contributed by atoms with E-state index < -0.39 is 0 Å². The van der Waals surface area contributed by atoms with Crippen molar-refractivity contribution in [2.75, 3.05) is 18.9 Å². The number of amides is 1. The number of benzene rings is 1. The summed E-state index contributed by atoms with van der Waals surface area (Å²) in [7, 11) is 0. The highest BCUT2D eigenvalue weighted by Crippen LogP contribution is 2.15. The van der Waals surface area contributed by atoms with Crippen LogP contribution in [-0.2, 0) is 10.5 Å². The van der Waals surface area contributed by atoms with Gasteiger partial charge in [0.2, 0.25) is 5.91 Å². The molecule has 0 bridgehead atoms. The van der Waals surface area contributed by atoms with Gasteiger partial charge in [0.1, 0.15) is 0 Å². The summed E-state index contributed by atoms with van der Waals surface area (Å²) in [5, 5.41) is 9.13. The third-order valence-electron chi connectivity index (χ3n) is 3.38. The minimum atomic E-state index is 0.0333. The Morgan fingerprint density at radius 2 is 1.90 bits per heavy atom. The lowest BCUT2D eigenvalue weighted by Gasteiger charge is -2.30. The van der Waals surface area contributed by atoms with Gasteiger partial charge in [-0.15, -0.1) is 11.8 Å². The summed E-state index contributed by atoms with van der Waals surface area (Å²) in [6, 6.07) is 10.4. The topological polar surface area (TPSA) is 40.5 Å². The maximum Gasteiger partial charge on any atom is 0.232 e. The van der Waals surface area contributed by atoms with Gasteiger partial charge in [-0.3, -0.25) is 4.79 Å². The summed E-state index contributed by atoms with van der Waals surface area (Å²) in [4.78, 5) is 14.1. The van der Waals surface area contributed by atoms with E-state index in [9.17, 15) is 4.79 Å². The van der Waals surface area contributed by atoms with Gasteiger partial charge < -0.3 is 10.0 Å². The first-order valence-electron chi connectivity index (χ1n) is 7.24. The minimum Gasteiger partial charge on any atom is -0.395 e. The zero-order valence-electron chi connectivity index (χ0n) is 12.4. The van der Waals surface area contributed by atoms with Gasteiger partial charge in [0, 0.05) is 18.3 Å². The fourth-order valence-electron chi connectivity index (χ4n) is 2.26. The van der Waals surface area contributed by atoms with Gasteiger partial charge in [-0.25, -0.2) is 0 Å². The quantitative estimate of drug-likeness (QED) is 0.761. The molecule has 1 N–H and O–H groups in total. The highest BCUT2D eigenvalue weighted by Gasteiger charge is 2.20. The van der Waals surface area contributed by atoms with E-state index in [0.717, 1.165) is 18.6 Å². The summed E-state index contributed by atoms with van der Waals surface area (Å²) >= 11 is 1.63. The first-order chi connectivity index (χ1) is 9.72. The van der Waals surface area contributed by atoms with Crippen LogP contribution in [0.25, 0.3) is 0 Å². The molecule has 1 amide bonds. The molecular weight excluding hydrogens is 270 g/mol. The van der Waals surface area contributed by atoms with Gasteiger partial charge in [-0.1, -0.05) is 44.2 Å². The van der Waals surface area contributed by atoms with Crippen molar-refractivity contribution < 1.29 is 9.90 Å². The molecule has 0 saturated carbocycles. The lowest BCUT2D eigenvalue weighted by molar-refractivity contribution is -0.131. The lowest BCUT2D eigenvalue weighted by atomic mass is 10.1. The fraction of sp³-hybridized carbons (Fsp3) is 0.562. The summed E-state index contributed by atoms with van der Waals surface area (Å²) < 4.78 is 0. The van der Waals surface area contributed by atoms with Crippen molar-refractivity contribution in [1.82, 2.24) is 4.90 Å². The summed E-state index contributed by atoms with van der Waals surface area (Å²) in [5.74, 6) is 1.46. The number of thioether (sulfide) groups is 1. The van der Waals surface area contributed by atoms with Crippen LogP contribution >= 0.6 is 11.8 Å². The third kappa shape index (κ3) is 5.55. The Hall–Kier alpha value is -1.00. The molecule has 112 valence electrons. The highest BCUT2D eigenvalue weighted by molar-refractivity contribution is 7.99. The van der Waals surface area contributed by atoms with Crippen LogP contribution in [0, 0.1) is 0 Å². The molecule has 0 aliphatic heterocycles. The van der Waals surface area contributed by atoms with Crippen LogP contribution in [0.15, 0.2) is 30.3 Å². The lowest BCUT2D eigenvalue weighted by Crippen LogP contribution is -2.42. The predicted octanol–water partition coefficient (Wildman–Crippen LogP) is 2.93. The summed E-state index contributed by atoms with van der Waals surface area (Å²) in [6.45, 7) is 4.65. The van der Waals surface area contributed by atoms with Crippen molar-refractivity contribution in [3.63, 3.8) is 0 Å². The van der Waals surface area contributed by atoms with Crippen molar-refractivity contribution >= 4 is 17.7 Å². The first kappa shape index (κ1) is 17.1. The maximum atomic E-state index is 12.3. The molecule has 1 aromatic rings. The Labute approximate surface area is 126 Å². The average Bonchev–Trinajstić information content (AvgIpc) is 2.48. The highest BCUT2D eigenvalue weighted by atomic mass is 32.2. The first-order valence-corrected chi connectivity index (χ1v) is 8.40. The summed E-state index contributed by atoms with van der Waals surface area (Å²) in [5.41, 5.74) is 1.24. The van der Waals surface area contributed by atoms with E-state index in [4.69, 9.17) is 5.11 Å². The van der Waals surface area contributed by atoms with Crippen LogP contribution in [0.2, 0.25) is 0 Å². The van der Waals surface area contributed by atoms with E-state index in [1.165, 1.54) is 5.56 Å². The standard InChI is InChI=1S/C16H25NO2S/c1-3-15(4-2)17(10-11-18)16(19)13-20-12-14-8-6-5-7-9-14/h5-9,15,18H,3-4,10-13H2,1-2H3. The van der Waals surface area contributed by atoms with Gasteiger partial charge in [0.25, 0.3) is 0 Å². The molecule has 0 fully saturated rings. The molecule has 0 aliphatic carbocycles. The van der Waals surface area contributed by atoms with Gasteiger partial charge in [-0.2, -0.15) is 0 Å². The Kier molecular flexibility index (Phi) is 8.38. The number of hydrogen-bond acceptors (Lipinski definition) is 3. The third-order valence-corrected chi connectivity index (χ3v) is 4.37. The molecular formula is C16H25NO2S. The molecule has 0 aromatic heterocycles. The molecule has 0 heterocycles. The molecule has 0 saturated heterocycles. The number of carbonyl (C=O) groups excluding carboxylic acids is 1. The van der Waals surface area contributed by atoms with Gasteiger partial charge in [-0.05, 0) is 18.4 Å². The monoisotopic (exact) mass is 295 g/mol. The van der Waals surface area contributed by atoms with Gasteiger partial charge >= 0.3 is 0 Å². The molecule has 0 radical (unpaired) electrons. The average molecular weight is 295 g/mol. The van der Waals surface area contributed by atoms with Gasteiger partial charge in [0.15, 0.2) is 0 Å². The molecule has 1 aromatic carbocycles. The number of aliphatic hydroxyl groups is 1. The Morgan fingerprint density at radius 1 is 1.25 bits per heavy atom. The van der Waals surface area contributed by atoms with E-state index >= 15 is 0 Å². The Balaban J connectivity index is 2.45. The van der Waals surface area contributed by atoms with E-state index in [2.05, 4.69) is 26.0 Å². The number of nitrogens with zero attached hydrogens (tertiary/aromatic N) is 1. The summed E-state index contributed by atoms with van der Waals surface area (Å²) in [6.07, 6.45) is 1.87. The molecule has 0 atom stereocenters. The van der Waals surface area contributed by atoms with Crippen molar-refractivity contribution in [2.24, 2.45) is 0 Å². The molecule has 20 heavy (non-hydrogen) atoms. The largest absolute Gasteiger partial charge is 0.395 e. The zero-order chi connectivity index (χ0) is 14.8. The normalized spacial score (nSPS) is 10.8. The van der Waals surface area contributed by atoms with Crippen LogP contribution in [0.5, 0.6) is 0 Å². The Morgan fingerprint density at radius 3 is 2.45 bits per heavy atom. The van der Waals surface area contributed by atoms with Crippen molar-refractivity contribution in [3.8, 4) is 0 Å². The minimum absolute atomic E-state index is 0.0333. The van der Waals surface area contributed by atoms with Crippen molar-refractivity contribution in [1.29, 1.82) is 0 Å². The number of hydrogen-bond donors (Lipinski definition) is 1. The predicted molar refractivity (Wildman–Crippen MR) is 85.8 cm³/mol. The number of carbonyl (C=O) groups is 1. The van der Waals surface area contributed by atoms with Crippen LogP contribution in [0.1, 0.15) is 32.3 Å². The maximum absolute atomic E-state index is 12.3. The van der Waals surface area contributed by atoms with Gasteiger partial charge in [0.05, 0.1) is 12.4 Å². The van der Waals surface area contributed by atoms with Crippen LogP contribution < -0.4 is 0 Å². The molecule has 4 heteroatoms. The number of rotatable bonds is 9. The van der Waals surface area contributed by atoms with Crippen LogP contribution in [0.4, 0.5) is 0 Å². The van der Waals surface area contributed by atoms with E-state index in [1.54, 1.807) is 11.8 Å². The molecule has 1 rings (SSSR count). The second kappa shape index (κ2) is 9.83. The van der Waals surface area contributed by atoms with Crippen LogP contribution in [-0.4, -0.2) is 40.9 Å². The van der Waals surface area contributed by atoms with Crippen LogP contribution in [0.3, 0.4) is 0 Å². The van der Waals surface area contributed by atoms with Crippen molar-refractivity contribution in [3.05, 3.63) is 35.9 Å². The van der Waals surface area contributed by atoms with E-state index in [0.29, 0.717) is 12.3 Å². The number of aliphatic hydroxyl groups excluding tert-OH is 1. The van der Waals surface area contributed by atoms with E-state index in [1.807, 2.05) is 23.1 Å². The molecule has 0 spiro atoms. The fourth-order valence-corrected chi connectivity index (χ4v) is 3.13. The Bertz CT molecular complexity index is 379. The molecule has 0 aliphatic rings. The van der Waals surface area contributed by atoms with Crippen molar-refractivity contribution in [2.45, 2.75) is 38.5 Å². The molecule has 0 unspecified atom stereocenters. The smallest absolute Gasteiger partial charge is 0.232 e. The SMILES string of the molecule is CCC(CC)N(CCO)C(=O)CSCc1ccccc1. The molecule has 3 nitrogen and oxygen atoms in total.